The maximum absolute atomic E-state index is 13.1. The van der Waals surface area contributed by atoms with Crippen LogP contribution in [0.5, 0.6) is 0 Å². The van der Waals surface area contributed by atoms with Crippen molar-refractivity contribution in [1.82, 2.24) is 5.32 Å². The lowest BCUT2D eigenvalue weighted by Crippen LogP contribution is -2.29. The zero-order chi connectivity index (χ0) is 13.0. The van der Waals surface area contributed by atoms with Crippen molar-refractivity contribution in [2.24, 2.45) is 0 Å². The summed E-state index contributed by atoms with van der Waals surface area (Å²) in [5, 5.41) is 5.22. The van der Waals surface area contributed by atoms with Crippen LogP contribution in [-0.2, 0) is 12.8 Å². The molecule has 18 heavy (non-hydrogen) atoms. The molecule has 1 aromatic carbocycles. The number of hydrogen-bond acceptors (Lipinski definition) is 2. The van der Waals surface area contributed by atoms with Crippen molar-refractivity contribution < 1.29 is 8.78 Å². The summed E-state index contributed by atoms with van der Waals surface area (Å²) in [6.07, 6.45) is 1.48. The van der Waals surface area contributed by atoms with Gasteiger partial charge >= 0.3 is 0 Å². The van der Waals surface area contributed by atoms with E-state index in [1.807, 2.05) is 18.5 Å². The number of nitrogens with one attached hydrogen (secondary N) is 1. The minimum Gasteiger partial charge on any atom is -0.316 e. The van der Waals surface area contributed by atoms with Crippen molar-refractivity contribution in [2.45, 2.75) is 18.9 Å². The van der Waals surface area contributed by atoms with E-state index < -0.39 is 11.6 Å². The Kier molecular flexibility index (Phi) is 4.44. The predicted octanol–water partition coefficient (Wildman–Crippen LogP) is 3.40. The van der Waals surface area contributed by atoms with Gasteiger partial charge in [0, 0.05) is 17.0 Å². The van der Waals surface area contributed by atoms with Crippen LogP contribution in [0.3, 0.4) is 0 Å². The highest BCUT2D eigenvalue weighted by Gasteiger charge is 2.10. The van der Waals surface area contributed by atoms with Crippen LogP contribution in [0.25, 0.3) is 0 Å². The molecule has 0 saturated heterocycles. The summed E-state index contributed by atoms with van der Waals surface area (Å²) in [4.78, 5) is 1.27. The SMILES string of the molecule is CNC(Cc1cc(F)cc(F)c1)Cc1cccs1. The van der Waals surface area contributed by atoms with Gasteiger partial charge in [0.05, 0.1) is 0 Å². The topological polar surface area (TPSA) is 12.0 Å². The van der Waals surface area contributed by atoms with E-state index in [0.717, 1.165) is 12.5 Å². The number of thiophene rings is 1. The van der Waals surface area contributed by atoms with Gasteiger partial charge in [-0.3, -0.25) is 0 Å². The molecule has 0 aliphatic carbocycles. The second-order valence-corrected chi connectivity index (χ2v) is 5.28. The molecule has 1 unspecified atom stereocenters. The van der Waals surface area contributed by atoms with Gasteiger partial charge in [-0.25, -0.2) is 8.78 Å². The first-order chi connectivity index (χ1) is 8.67. The fourth-order valence-corrected chi connectivity index (χ4v) is 2.75. The van der Waals surface area contributed by atoms with E-state index >= 15 is 0 Å². The molecule has 0 aliphatic heterocycles. The quantitative estimate of drug-likeness (QED) is 0.875. The first-order valence-electron chi connectivity index (χ1n) is 5.82. The Bertz CT molecular complexity index is 476. The van der Waals surface area contributed by atoms with Crippen LogP contribution in [0.2, 0.25) is 0 Å². The Morgan fingerprint density at radius 2 is 1.89 bits per heavy atom. The molecular formula is C14H15F2NS. The average molecular weight is 267 g/mol. The smallest absolute Gasteiger partial charge is 0.126 e. The highest BCUT2D eigenvalue weighted by molar-refractivity contribution is 7.09. The van der Waals surface area contributed by atoms with Crippen LogP contribution in [0.4, 0.5) is 8.78 Å². The second-order valence-electron chi connectivity index (χ2n) is 4.25. The molecule has 0 amide bonds. The second kappa shape index (κ2) is 6.07. The molecule has 0 saturated carbocycles. The van der Waals surface area contributed by atoms with Gasteiger partial charge in [-0.2, -0.15) is 0 Å². The molecule has 2 aromatic rings. The summed E-state index contributed by atoms with van der Waals surface area (Å²) in [5.74, 6) is -1.04. The normalized spacial score (nSPS) is 12.6. The number of halogens is 2. The van der Waals surface area contributed by atoms with Gasteiger partial charge in [-0.1, -0.05) is 6.07 Å². The zero-order valence-corrected chi connectivity index (χ0v) is 10.9. The molecule has 0 radical (unpaired) electrons. The van der Waals surface area contributed by atoms with Crippen LogP contribution < -0.4 is 5.32 Å². The maximum atomic E-state index is 13.1. The maximum Gasteiger partial charge on any atom is 0.126 e. The van der Waals surface area contributed by atoms with E-state index in [4.69, 9.17) is 0 Å². The summed E-state index contributed by atoms with van der Waals surface area (Å²) in [6, 6.07) is 7.95. The molecule has 1 nitrogen and oxygen atoms in total. The Balaban J connectivity index is 2.05. The Labute approximate surface area is 109 Å². The molecular weight excluding hydrogens is 252 g/mol. The van der Waals surface area contributed by atoms with Gasteiger partial charge in [0.1, 0.15) is 11.6 Å². The summed E-state index contributed by atoms with van der Waals surface area (Å²) >= 11 is 1.70. The fourth-order valence-electron chi connectivity index (χ4n) is 1.96. The van der Waals surface area contributed by atoms with Crippen LogP contribution in [0.15, 0.2) is 35.7 Å². The van der Waals surface area contributed by atoms with Gasteiger partial charge in [-0.05, 0) is 49.0 Å². The first kappa shape index (κ1) is 13.2. The molecule has 0 aliphatic rings. The Morgan fingerprint density at radius 3 is 2.44 bits per heavy atom. The highest BCUT2D eigenvalue weighted by Crippen LogP contribution is 2.15. The van der Waals surface area contributed by atoms with Crippen molar-refractivity contribution in [2.75, 3.05) is 7.05 Å². The molecule has 96 valence electrons. The Morgan fingerprint density at radius 1 is 1.17 bits per heavy atom. The number of rotatable bonds is 5. The van der Waals surface area contributed by atoms with Crippen molar-refractivity contribution >= 4 is 11.3 Å². The van der Waals surface area contributed by atoms with Crippen molar-refractivity contribution in [1.29, 1.82) is 0 Å². The molecule has 0 fully saturated rings. The van der Waals surface area contributed by atoms with E-state index in [1.165, 1.54) is 17.0 Å². The molecule has 1 atom stereocenters. The minimum atomic E-state index is -0.518. The van der Waals surface area contributed by atoms with Gasteiger partial charge in [0.2, 0.25) is 0 Å². The number of benzene rings is 1. The van der Waals surface area contributed by atoms with E-state index in [-0.39, 0.29) is 6.04 Å². The number of likely N-dealkylation sites (N-methyl/N-ethyl adjacent to an activating group) is 1. The average Bonchev–Trinajstić information content (AvgIpc) is 2.79. The standard InChI is InChI=1S/C14H15F2NS/c1-17-13(9-14-3-2-4-18-14)7-10-5-11(15)8-12(16)6-10/h2-6,8,13,17H,7,9H2,1H3. The third kappa shape index (κ3) is 3.62. The van der Waals surface area contributed by atoms with E-state index in [1.54, 1.807) is 11.3 Å². The van der Waals surface area contributed by atoms with Crippen molar-refractivity contribution in [3.63, 3.8) is 0 Å². The van der Waals surface area contributed by atoms with Gasteiger partial charge in [0.25, 0.3) is 0 Å². The molecule has 0 bridgehead atoms. The number of hydrogen-bond donors (Lipinski definition) is 1. The van der Waals surface area contributed by atoms with Crippen LogP contribution in [0.1, 0.15) is 10.4 Å². The van der Waals surface area contributed by atoms with Crippen LogP contribution in [0, 0.1) is 11.6 Å². The minimum absolute atomic E-state index is 0.185. The van der Waals surface area contributed by atoms with E-state index in [9.17, 15) is 8.78 Å². The van der Waals surface area contributed by atoms with E-state index in [0.29, 0.717) is 12.0 Å². The summed E-state index contributed by atoms with van der Waals surface area (Å²) in [6.45, 7) is 0. The third-order valence-corrected chi connectivity index (χ3v) is 3.74. The summed E-state index contributed by atoms with van der Waals surface area (Å²) in [7, 11) is 1.87. The molecule has 1 N–H and O–H groups in total. The lowest BCUT2D eigenvalue weighted by Gasteiger charge is -2.15. The van der Waals surface area contributed by atoms with Gasteiger partial charge in [-0.15, -0.1) is 11.3 Å². The van der Waals surface area contributed by atoms with Gasteiger partial charge in [0.15, 0.2) is 0 Å². The summed E-state index contributed by atoms with van der Waals surface area (Å²) in [5.41, 5.74) is 0.684. The predicted molar refractivity (Wildman–Crippen MR) is 70.9 cm³/mol. The molecule has 4 heteroatoms. The fraction of sp³-hybridized carbons (Fsp3) is 0.286. The van der Waals surface area contributed by atoms with Crippen molar-refractivity contribution in [3.05, 3.63) is 57.8 Å². The molecule has 0 spiro atoms. The highest BCUT2D eigenvalue weighted by atomic mass is 32.1. The zero-order valence-electron chi connectivity index (χ0n) is 10.1. The first-order valence-corrected chi connectivity index (χ1v) is 6.70. The largest absolute Gasteiger partial charge is 0.316 e. The van der Waals surface area contributed by atoms with Crippen LogP contribution >= 0.6 is 11.3 Å². The molecule has 1 heterocycles. The lowest BCUT2D eigenvalue weighted by atomic mass is 10.0. The van der Waals surface area contributed by atoms with Crippen molar-refractivity contribution in [3.8, 4) is 0 Å². The van der Waals surface area contributed by atoms with E-state index in [2.05, 4.69) is 11.4 Å². The van der Waals surface area contributed by atoms with Crippen LogP contribution in [-0.4, -0.2) is 13.1 Å². The summed E-state index contributed by atoms with van der Waals surface area (Å²) < 4.78 is 26.2. The third-order valence-electron chi connectivity index (χ3n) is 2.84. The Hall–Kier alpha value is -1.26. The monoisotopic (exact) mass is 267 g/mol. The molecule has 2 rings (SSSR count). The lowest BCUT2D eigenvalue weighted by molar-refractivity contribution is 0.546. The van der Waals surface area contributed by atoms with Gasteiger partial charge < -0.3 is 5.32 Å². The molecule has 1 aromatic heterocycles.